The zero-order valence-corrected chi connectivity index (χ0v) is 9.24. The number of aromatic nitrogens is 2. The maximum Gasteiger partial charge on any atom is 0.251 e. The molecular formula is C11H17N3O2. The Morgan fingerprint density at radius 1 is 1.62 bits per heavy atom. The van der Waals surface area contributed by atoms with Crippen LogP contribution in [0.1, 0.15) is 30.3 Å². The van der Waals surface area contributed by atoms with E-state index in [0.717, 1.165) is 31.0 Å². The van der Waals surface area contributed by atoms with Gasteiger partial charge in [0.2, 0.25) is 0 Å². The molecule has 0 saturated carbocycles. The number of nitrogens with one attached hydrogen (secondary N) is 1. The molecule has 0 aromatic carbocycles. The number of nitrogens with zero attached hydrogens (tertiary/aromatic N) is 1. The van der Waals surface area contributed by atoms with Crippen molar-refractivity contribution in [3.05, 3.63) is 27.9 Å². The summed E-state index contributed by atoms with van der Waals surface area (Å²) in [7, 11) is 0. The quantitative estimate of drug-likeness (QED) is 0.765. The SMILES string of the molecule is NCCc1cc(=O)[nH]c(C2CCCOC2)n1. The average Bonchev–Trinajstić information content (AvgIpc) is 2.30. The monoisotopic (exact) mass is 223 g/mol. The summed E-state index contributed by atoms with van der Waals surface area (Å²) in [5.74, 6) is 0.967. The van der Waals surface area contributed by atoms with Crippen molar-refractivity contribution in [2.45, 2.75) is 25.2 Å². The van der Waals surface area contributed by atoms with E-state index in [-0.39, 0.29) is 11.5 Å². The van der Waals surface area contributed by atoms with Crippen molar-refractivity contribution in [1.29, 1.82) is 0 Å². The highest BCUT2D eigenvalue weighted by Gasteiger charge is 2.18. The standard InChI is InChI=1S/C11H17N3O2/c12-4-3-9-6-10(15)14-11(13-9)8-2-1-5-16-7-8/h6,8H,1-5,7,12H2,(H,13,14,15). The van der Waals surface area contributed by atoms with Crippen LogP contribution in [0.5, 0.6) is 0 Å². The molecule has 0 radical (unpaired) electrons. The Bertz CT molecular complexity index is 396. The third-order valence-corrected chi connectivity index (χ3v) is 2.76. The molecule has 2 heterocycles. The summed E-state index contributed by atoms with van der Waals surface area (Å²) in [5.41, 5.74) is 6.13. The first-order chi connectivity index (χ1) is 7.79. The van der Waals surface area contributed by atoms with Crippen molar-refractivity contribution in [1.82, 2.24) is 9.97 Å². The molecule has 1 atom stereocenters. The van der Waals surface area contributed by atoms with Crippen LogP contribution in [-0.2, 0) is 11.2 Å². The number of rotatable bonds is 3. The minimum atomic E-state index is -0.0981. The molecule has 88 valence electrons. The van der Waals surface area contributed by atoms with Gasteiger partial charge in [-0.25, -0.2) is 4.98 Å². The Morgan fingerprint density at radius 3 is 3.19 bits per heavy atom. The molecule has 1 fully saturated rings. The molecule has 3 N–H and O–H groups in total. The second-order valence-electron chi connectivity index (χ2n) is 4.07. The van der Waals surface area contributed by atoms with Crippen LogP contribution in [0.15, 0.2) is 10.9 Å². The van der Waals surface area contributed by atoms with E-state index in [4.69, 9.17) is 10.5 Å². The molecule has 5 nitrogen and oxygen atoms in total. The lowest BCUT2D eigenvalue weighted by Gasteiger charge is -2.21. The molecule has 1 aliphatic rings. The predicted octanol–water partition coefficient (Wildman–Crippen LogP) is 0.165. The number of hydrogen-bond donors (Lipinski definition) is 2. The van der Waals surface area contributed by atoms with Gasteiger partial charge >= 0.3 is 0 Å². The Hall–Kier alpha value is -1.20. The lowest BCUT2D eigenvalue weighted by Crippen LogP contribution is -2.22. The zero-order chi connectivity index (χ0) is 11.4. The van der Waals surface area contributed by atoms with Crippen molar-refractivity contribution in [3.8, 4) is 0 Å². The van der Waals surface area contributed by atoms with Gasteiger partial charge in [-0.15, -0.1) is 0 Å². The zero-order valence-electron chi connectivity index (χ0n) is 9.24. The van der Waals surface area contributed by atoms with Gasteiger partial charge < -0.3 is 15.5 Å². The van der Waals surface area contributed by atoms with Crippen LogP contribution in [0.25, 0.3) is 0 Å². The van der Waals surface area contributed by atoms with Gasteiger partial charge in [0.1, 0.15) is 5.82 Å². The van der Waals surface area contributed by atoms with Crippen molar-refractivity contribution >= 4 is 0 Å². The van der Waals surface area contributed by atoms with Crippen LogP contribution in [0.2, 0.25) is 0 Å². The Kier molecular flexibility index (Phi) is 3.69. The summed E-state index contributed by atoms with van der Waals surface area (Å²) < 4.78 is 5.39. The number of hydrogen-bond acceptors (Lipinski definition) is 4. The normalized spacial score (nSPS) is 20.9. The highest BCUT2D eigenvalue weighted by Crippen LogP contribution is 2.21. The molecular weight excluding hydrogens is 206 g/mol. The number of H-pyrrole nitrogens is 1. The van der Waals surface area contributed by atoms with Gasteiger partial charge in [0.25, 0.3) is 5.56 Å². The lowest BCUT2D eigenvalue weighted by molar-refractivity contribution is 0.0779. The van der Waals surface area contributed by atoms with Gasteiger partial charge in [0.05, 0.1) is 6.61 Å². The van der Waals surface area contributed by atoms with Crippen molar-refractivity contribution in [2.24, 2.45) is 5.73 Å². The summed E-state index contributed by atoms with van der Waals surface area (Å²) in [6.07, 6.45) is 2.69. The fourth-order valence-electron chi connectivity index (χ4n) is 1.95. The van der Waals surface area contributed by atoms with Gasteiger partial charge in [-0.2, -0.15) is 0 Å². The molecule has 2 rings (SSSR count). The second kappa shape index (κ2) is 5.23. The Labute approximate surface area is 94.0 Å². The van der Waals surface area contributed by atoms with Crippen molar-refractivity contribution in [2.75, 3.05) is 19.8 Å². The molecule has 1 aliphatic heterocycles. The fourth-order valence-corrected chi connectivity index (χ4v) is 1.95. The van der Waals surface area contributed by atoms with E-state index in [0.29, 0.717) is 19.6 Å². The van der Waals surface area contributed by atoms with E-state index in [9.17, 15) is 4.79 Å². The molecule has 0 amide bonds. The topological polar surface area (TPSA) is 81.0 Å². The van der Waals surface area contributed by atoms with E-state index < -0.39 is 0 Å². The molecule has 16 heavy (non-hydrogen) atoms. The Balaban J connectivity index is 2.21. The molecule has 0 spiro atoms. The molecule has 1 aromatic rings. The number of nitrogens with two attached hydrogens (primary N) is 1. The first-order valence-electron chi connectivity index (χ1n) is 5.67. The first-order valence-corrected chi connectivity index (χ1v) is 5.67. The maximum atomic E-state index is 11.5. The molecule has 1 unspecified atom stereocenters. The lowest BCUT2D eigenvalue weighted by atomic mass is 10.0. The smallest absolute Gasteiger partial charge is 0.251 e. The minimum absolute atomic E-state index is 0.0981. The summed E-state index contributed by atoms with van der Waals surface area (Å²) in [6.45, 7) is 1.97. The Morgan fingerprint density at radius 2 is 2.50 bits per heavy atom. The van der Waals surface area contributed by atoms with Gasteiger partial charge in [-0.05, 0) is 19.4 Å². The van der Waals surface area contributed by atoms with Gasteiger partial charge in [-0.3, -0.25) is 4.79 Å². The number of aromatic amines is 1. The van der Waals surface area contributed by atoms with Crippen LogP contribution in [0.3, 0.4) is 0 Å². The van der Waals surface area contributed by atoms with E-state index in [1.54, 1.807) is 0 Å². The molecule has 0 bridgehead atoms. The minimum Gasteiger partial charge on any atom is -0.381 e. The largest absolute Gasteiger partial charge is 0.381 e. The van der Waals surface area contributed by atoms with Crippen LogP contribution in [0, 0.1) is 0 Å². The van der Waals surface area contributed by atoms with Crippen LogP contribution >= 0.6 is 0 Å². The van der Waals surface area contributed by atoms with Gasteiger partial charge in [0, 0.05) is 30.7 Å². The highest BCUT2D eigenvalue weighted by molar-refractivity contribution is 5.07. The molecule has 0 aliphatic carbocycles. The first kappa shape index (κ1) is 11.3. The fraction of sp³-hybridized carbons (Fsp3) is 0.636. The van der Waals surface area contributed by atoms with Crippen molar-refractivity contribution < 1.29 is 4.74 Å². The van der Waals surface area contributed by atoms with E-state index in [2.05, 4.69) is 9.97 Å². The summed E-state index contributed by atoms with van der Waals surface area (Å²) in [4.78, 5) is 18.7. The summed E-state index contributed by atoms with van der Waals surface area (Å²) >= 11 is 0. The summed E-state index contributed by atoms with van der Waals surface area (Å²) in [6, 6.07) is 1.51. The molecule has 5 heteroatoms. The van der Waals surface area contributed by atoms with E-state index >= 15 is 0 Å². The van der Waals surface area contributed by atoms with Crippen LogP contribution in [0.4, 0.5) is 0 Å². The van der Waals surface area contributed by atoms with Gasteiger partial charge in [-0.1, -0.05) is 0 Å². The number of ether oxygens (including phenoxy) is 1. The predicted molar refractivity (Wildman–Crippen MR) is 60.4 cm³/mol. The maximum absolute atomic E-state index is 11.5. The van der Waals surface area contributed by atoms with Crippen molar-refractivity contribution in [3.63, 3.8) is 0 Å². The third-order valence-electron chi connectivity index (χ3n) is 2.76. The molecule has 1 aromatic heterocycles. The van der Waals surface area contributed by atoms with Gasteiger partial charge in [0.15, 0.2) is 0 Å². The average molecular weight is 223 g/mol. The van der Waals surface area contributed by atoms with Crippen LogP contribution in [-0.4, -0.2) is 29.7 Å². The van der Waals surface area contributed by atoms with Crippen LogP contribution < -0.4 is 11.3 Å². The van der Waals surface area contributed by atoms with E-state index in [1.165, 1.54) is 6.07 Å². The molecule has 1 saturated heterocycles. The third kappa shape index (κ3) is 2.68. The summed E-state index contributed by atoms with van der Waals surface area (Å²) in [5, 5.41) is 0. The highest BCUT2D eigenvalue weighted by atomic mass is 16.5. The van der Waals surface area contributed by atoms with E-state index in [1.807, 2.05) is 0 Å². The second-order valence-corrected chi connectivity index (χ2v) is 4.07.